The molecule has 0 saturated carbocycles. The molecule has 0 aromatic heterocycles. The average Bonchev–Trinajstić information content (AvgIpc) is 2.42. The Kier molecular flexibility index (Phi) is 6.90. The maximum Gasteiger partial charge on any atom is 0.243 e. The number of amides is 1. The highest BCUT2D eigenvalue weighted by Crippen LogP contribution is 2.08. The first kappa shape index (κ1) is 15.4. The molecular weight excluding hydrogens is 238 g/mol. The molecule has 0 aliphatic heterocycles. The molecule has 1 rings (SSSR count). The summed E-state index contributed by atoms with van der Waals surface area (Å²) in [5.74, 6) is 0.235. The van der Waals surface area contributed by atoms with Crippen LogP contribution in [0, 0.1) is 12.8 Å². The van der Waals surface area contributed by atoms with Crippen molar-refractivity contribution >= 4 is 12.0 Å². The highest BCUT2D eigenvalue weighted by Gasteiger charge is 2.00. The number of carbonyl (C=O) groups is 1. The third-order valence-electron chi connectivity index (χ3n) is 3.09. The van der Waals surface area contributed by atoms with Crippen LogP contribution in [0.25, 0.3) is 6.08 Å². The third kappa shape index (κ3) is 6.20. The van der Waals surface area contributed by atoms with Gasteiger partial charge < -0.3 is 10.4 Å². The Morgan fingerprint density at radius 2 is 2.16 bits per heavy atom. The van der Waals surface area contributed by atoms with Crippen LogP contribution in [0.1, 0.15) is 30.9 Å². The number of nitrogens with one attached hydrogen (secondary N) is 1. The summed E-state index contributed by atoms with van der Waals surface area (Å²) >= 11 is 0. The Balaban J connectivity index is 2.30. The lowest BCUT2D eigenvalue weighted by molar-refractivity contribution is -0.116. The fourth-order valence-corrected chi connectivity index (χ4v) is 1.75. The molecular formula is C16H23NO2. The van der Waals surface area contributed by atoms with E-state index in [9.17, 15) is 4.79 Å². The van der Waals surface area contributed by atoms with Crippen molar-refractivity contribution in [1.29, 1.82) is 0 Å². The quantitative estimate of drug-likeness (QED) is 0.585. The minimum atomic E-state index is -0.0695. The van der Waals surface area contributed by atoms with Crippen LogP contribution >= 0.6 is 0 Å². The van der Waals surface area contributed by atoms with E-state index in [0.717, 1.165) is 24.0 Å². The van der Waals surface area contributed by atoms with E-state index < -0.39 is 0 Å². The number of carbonyl (C=O) groups excluding carboxylic acids is 1. The van der Waals surface area contributed by atoms with E-state index in [1.165, 1.54) is 0 Å². The summed E-state index contributed by atoms with van der Waals surface area (Å²) in [4.78, 5) is 11.6. The Bertz CT molecular complexity index is 427. The zero-order valence-electron chi connectivity index (χ0n) is 11.7. The predicted molar refractivity (Wildman–Crippen MR) is 78.7 cm³/mol. The van der Waals surface area contributed by atoms with E-state index >= 15 is 0 Å². The lowest BCUT2D eigenvalue weighted by Gasteiger charge is -2.07. The third-order valence-corrected chi connectivity index (χ3v) is 3.09. The fraction of sp³-hybridized carbons (Fsp3) is 0.438. The summed E-state index contributed by atoms with van der Waals surface area (Å²) in [6, 6.07) is 7.95. The molecule has 3 heteroatoms. The number of hydrogen-bond acceptors (Lipinski definition) is 2. The van der Waals surface area contributed by atoms with Crippen molar-refractivity contribution in [2.75, 3.05) is 13.2 Å². The Morgan fingerprint density at radius 1 is 1.42 bits per heavy atom. The molecule has 104 valence electrons. The van der Waals surface area contributed by atoms with E-state index in [0.29, 0.717) is 12.5 Å². The van der Waals surface area contributed by atoms with E-state index in [1.54, 1.807) is 6.08 Å². The minimum absolute atomic E-state index is 0.0695. The molecule has 1 amide bonds. The molecule has 0 heterocycles. The van der Waals surface area contributed by atoms with E-state index in [4.69, 9.17) is 5.11 Å². The van der Waals surface area contributed by atoms with Gasteiger partial charge in [-0.3, -0.25) is 4.79 Å². The number of hydrogen-bond donors (Lipinski definition) is 2. The minimum Gasteiger partial charge on any atom is -0.396 e. The van der Waals surface area contributed by atoms with E-state index in [-0.39, 0.29) is 12.5 Å². The zero-order chi connectivity index (χ0) is 14.1. The topological polar surface area (TPSA) is 49.3 Å². The van der Waals surface area contributed by atoms with Crippen LogP contribution in [0.4, 0.5) is 0 Å². The Morgan fingerprint density at radius 3 is 2.84 bits per heavy atom. The van der Waals surface area contributed by atoms with Gasteiger partial charge in [-0.25, -0.2) is 0 Å². The molecule has 1 unspecified atom stereocenters. The van der Waals surface area contributed by atoms with Crippen molar-refractivity contribution in [2.45, 2.75) is 26.7 Å². The second-order valence-corrected chi connectivity index (χ2v) is 4.91. The molecule has 1 aromatic carbocycles. The van der Waals surface area contributed by atoms with Gasteiger partial charge in [-0.05, 0) is 42.9 Å². The molecule has 3 nitrogen and oxygen atoms in total. The molecule has 0 aliphatic carbocycles. The normalized spacial score (nSPS) is 12.6. The van der Waals surface area contributed by atoms with Crippen LogP contribution in [0.15, 0.2) is 30.3 Å². The van der Waals surface area contributed by atoms with Crippen molar-refractivity contribution in [3.8, 4) is 0 Å². The molecule has 0 fully saturated rings. The van der Waals surface area contributed by atoms with Gasteiger partial charge in [-0.15, -0.1) is 0 Å². The summed E-state index contributed by atoms with van der Waals surface area (Å²) < 4.78 is 0. The van der Waals surface area contributed by atoms with Gasteiger partial charge in [0.25, 0.3) is 0 Å². The number of aryl methyl sites for hydroxylation is 1. The molecule has 0 spiro atoms. The molecule has 0 bridgehead atoms. The molecule has 0 radical (unpaired) electrons. The Hall–Kier alpha value is -1.61. The van der Waals surface area contributed by atoms with Gasteiger partial charge in [0.1, 0.15) is 0 Å². The number of aliphatic hydroxyl groups is 1. The van der Waals surface area contributed by atoms with Gasteiger partial charge in [0, 0.05) is 19.2 Å². The number of rotatable bonds is 7. The monoisotopic (exact) mass is 261 g/mol. The lowest BCUT2D eigenvalue weighted by Crippen LogP contribution is -2.22. The van der Waals surface area contributed by atoms with Crippen LogP contribution < -0.4 is 5.32 Å². The van der Waals surface area contributed by atoms with E-state index in [1.807, 2.05) is 44.2 Å². The summed E-state index contributed by atoms with van der Waals surface area (Å²) in [5.41, 5.74) is 2.22. The van der Waals surface area contributed by atoms with Crippen LogP contribution in [-0.2, 0) is 4.79 Å². The van der Waals surface area contributed by atoms with Crippen LogP contribution in [0.2, 0.25) is 0 Å². The summed E-state index contributed by atoms with van der Waals surface area (Å²) in [7, 11) is 0. The average molecular weight is 261 g/mol. The second-order valence-electron chi connectivity index (χ2n) is 4.91. The molecule has 19 heavy (non-hydrogen) atoms. The maximum atomic E-state index is 11.6. The smallest absolute Gasteiger partial charge is 0.243 e. The first-order chi connectivity index (χ1) is 9.13. The first-order valence-electron chi connectivity index (χ1n) is 6.76. The SMILES string of the molecule is Cc1ccccc1/C=C/C(=O)NCCCC(C)CO. The number of aliphatic hydroxyl groups excluding tert-OH is 1. The molecule has 1 atom stereocenters. The standard InChI is InChI=1S/C16H23NO2/c1-13(12-18)6-5-11-17-16(19)10-9-15-8-4-3-7-14(15)2/h3-4,7-10,13,18H,5-6,11-12H2,1-2H3,(H,17,19)/b10-9+. The molecule has 1 aromatic rings. The van der Waals surface area contributed by atoms with Crippen molar-refractivity contribution in [3.05, 3.63) is 41.5 Å². The molecule has 2 N–H and O–H groups in total. The largest absolute Gasteiger partial charge is 0.396 e. The summed E-state index contributed by atoms with van der Waals surface area (Å²) in [6.07, 6.45) is 5.22. The second kappa shape index (κ2) is 8.48. The summed E-state index contributed by atoms with van der Waals surface area (Å²) in [5, 5.41) is 11.7. The van der Waals surface area contributed by atoms with Gasteiger partial charge in [-0.1, -0.05) is 31.2 Å². The van der Waals surface area contributed by atoms with Crippen molar-refractivity contribution in [3.63, 3.8) is 0 Å². The van der Waals surface area contributed by atoms with Gasteiger partial charge in [0.2, 0.25) is 5.91 Å². The molecule has 0 aliphatic rings. The van der Waals surface area contributed by atoms with E-state index in [2.05, 4.69) is 5.32 Å². The van der Waals surface area contributed by atoms with Crippen molar-refractivity contribution in [2.24, 2.45) is 5.92 Å². The zero-order valence-corrected chi connectivity index (χ0v) is 11.7. The lowest BCUT2D eigenvalue weighted by atomic mass is 10.1. The highest BCUT2D eigenvalue weighted by atomic mass is 16.3. The van der Waals surface area contributed by atoms with Gasteiger partial charge >= 0.3 is 0 Å². The van der Waals surface area contributed by atoms with Gasteiger partial charge in [-0.2, -0.15) is 0 Å². The van der Waals surface area contributed by atoms with Crippen LogP contribution in [0.3, 0.4) is 0 Å². The summed E-state index contributed by atoms with van der Waals surface area (Å²) in [6.45, 7) is 4.89. The van der Waals surface area contributed by atoms with Crippen LogP contribution in [-0.4, -0.2) is 24.2 Å². The Labute approximate surface area is 115 Å². The first-order valence-corrected chi connectivity index (χ1v) is 6.76. The van der Waals surface area contributed by atoms with Gasteiger partial charge in [0.15, 0.2) is 0 Å². The molecule has 0 saturated heterocycles. The predicted octanol–water partition coefficient (Wildman–Crippen LogP) is 2.53. The van der Waals surface area contributed by atoms with Crippen molar-refractivity contribution in [1.82, 2.24) is 5.32 Å². The maximum absolute atomic E-state index is 11.6. The van der Waals surface area contributed by atoms with Crippen LogP contribution in [0.5, 0.6) is 0 Å². The highest BCUT2D eigenvalue weighted by molar-refractivity contribution is 5.91. The van der Waals surface area contributed by atoms with Crippen molar-refractivity contribution < 1.29 is 9.90 Å². The van der Waals surface area contributed by atoms with Gasteiger partial charge in [0.05, 0.1) is 0 Å². The number of benzene rings is 1. The fourth-order valence-electron chi connectivity index (χ4n) is 1.75.